The molecule has 0 radical (unpaired) electrons. The number of carbonyl (C=O) groups excluding carboxylic acids is 2. The summed E-state index contributed by atoms with van der Waals surface area (Å²) in [5, 5.41) is 9.90. The summed E-state index contributed by atoms with van der Waals surface area (Å²) in [6.07, 6.45) is 2.61. The first kappa shape index (κ1) is 28.4. The van der Waals surface area contributed by atoms with Gasteiger partial charge in [-0.2, -0.15) is 0 Å². The molecule has 1 saturated heterocycles. The second-order valence-electron chi connectivity index (χ2n) is 10.3. The van der Waals surface area contributed by atoms with Gasteiger partial charge in [-0.1, -0.05) is 24.8 Å². The van der Waals surface area contributed by atoms with Gasteiger partial charge in [-0.25, -0.2) is 4.98 Å². The third-order valence-electron chi connectivity index (χ3n) is 7.34. The van der Waals surface area contributed by atoms with Crippen molar-refractivity contribution < 1.29 is 28.9 Å². The molecule has 1 aromatic heterocycles. The summed E-state index contributed by atoms with van der Waals surface area (Å²) in [5.41, 5.74) is 1.61. The molecular formula is C30H37N3O6. The van der Waals surface area contributed by atoms with Crippen LogP contribution in [0.25, 0.3) is 0 Å². The quantitative estimate of drug-likeness (QED) is 0.568. The van der Waals surface area contributed by atoms with Gasteiger partial charge in [-0.05, 0) is 44.0 Å². The fourth-order valence-corrected chi connectivity index (χ4v) is 4.85. The number of hydrogen-bond acceptors (Lipinski definition) is 7. The number of benzene rings is 1. The van der Waals surface area contributed by atoms with Crippen molar-refractivity contribution in [1.29, 1.82) is 0 Å². The van der Waals surface area contributed by atoms with E-state index in [1.807, 2.05) is 38.1 Å². The number of hydrogen-bond donors (Lipinski definition) is 1. The molecule has 208 valence electrons. The Bertz CT molecular complexity index is 1230. The van der Waals surface area contributed by atoms with E-state index in [-0.39, 0.29) is 41.7 Å². The highest BCUT2D eigenvalue weighted by atomic mass is 16.5. The van der Waals surface area contributed by atoms with Gasteiger partial charge in [-0.15, -0.1) is 0 Å². The maximum Gasteiger partial charge on any atom is 0.259 e. The van der Waals surface area contributed by atoms with Gasteiger partial charge in [0.1, 0.15) is 17.4 Å². The van der Waals surface area contributed by atoms with Crippen molar-refractivity contribution in [2.75, 3.05) is 47.1 Å². The Morgan fingerprint density at radius 3 is 2.72 bits per heavy atom. The van der Waals surface area contributed by atoms with Crippen molar-refractivity contribution >= 4 is 11.8 Å². The van der Waals surface area contributed by atoms with E-state index in [1.54, 1.807) is 36.2 Å². The average molecular weight is 536 g/mol. The van der Waals surface area contributed by atoms with Crippen LogP contribution in [-0.4, -0.2) is 90.9 Å². The van der Waals surface area contributed by atoms with Gasteiger partial charge in [0.15, 0.2) is 0 Å². The van der Waals surface area contributed by atoms with Gasteiger partial charge in [0.05, 0.1) is 26.3 Å². The molecule has 2 amide bonds. The maximum absolute atomic E-state index is 13.6. The highest BCUT2D eigenvalue weighted by molar-refractivity contribution is 5.97. The molecule has 0 aliphatic carbocycles. The lowest BCUT2D eigenvalue weighted by molar-refractivity contribution is -0.138. The smallest absolute Gasteiger partial charge is 0.259 e. The van der Waals surface area contributed by atoms with E-state index in [0.717, 1.165) is 5.56 Å². The van der Waals surface area contributed by atoms with Gasteiger partial charge >= 0.3 is 0 Å². The van der Waals surface area contributed by atoms with Crippen LogP contribution >= 0.6 is 0 Å². The molecule has 0 unspecified atom stereocenters. The van der Waals surface area contributed by atoms with Crippen LogP contribution in [0.1, 0.15) is 48.2 Å². The third kappa shape index (κ3) is 6.88. The fourth-order valence-electron chi connectivity index (χ4n) is 4.85. The Labute approximate surface area is 230 Å². The molecule has 2 aliphatic heterocycles. The number of nitrogens with zero attached hydrogens (tertiary/aromatic N) is 3. The molecule has 2 aromatic rings. The van der Waals surface area contributed by atoms with Crippen LogP contribution < -0.4 is 9.47 Å². The molecule has 2 aliphatic rings. The Hall–Kier alpha value is -3.61. The van der Waals surface area contributed by atoms with Crippen LogP contribution in [0.3, 0.4) is 0 Å². The van der Waals surface area contributed by atoms with E-state index in [2.05, 4.69) is 16.8 Å². The number of fused-ring (bicyclic) bond motifs is 1. The monoisotopic (exact) mass is 535 g/mol. The summed E-state index contributed by atoms with van der Waals surface area (Å²) < 4.78 is 17.0. The second-order valence-corrected chi connectivity index (χ2v) is 10.3. The van der Waals surface area contributed by atoms with Gasteiger partial charge < -0.3 is 29.1 Å². The highest BCUT2D eigenvalue weighted by Crippen LogP contribution is 2.28. The average Bonchev–Trinajstić information content (AvgIpc) is 2.97. The van der Waals surface area contributed by atoms with Crippen LogP contribution in [0.5, 0.6) is 11.6 Å². The summed E-state index contributed by atoms with van der Waals surface area (Å²) in [5.74, 6) is 6.69. The zero-order chi connectivity index (χ0) is 27.9. The lowest BCUT2D eigenvalue weighted by Gasteiger charge is -2.38. The molecular weight excluding hydrogens is 498 g/mol. The van der Waals surface area contributed by atoms with Crippen LogP contribution in [0, 0.1) is 23.7 Å². The topological polar surface area (TPSA) is 101 Å². The summed E-state index contributed by atoms with van der Waals surface area (Å²) in [7, 11) is 3.39. The molecule has 39 heavy (non-hydrogen) atoms. The molecule has 9 nitrogen and oxygen atoms in total. The molecule has 0 spiro atoms. The van der Waals surface area contributed by atoms with E-state index in [0.29, 0.717) is 50.5 Å². The number of ether oxygens (including phenoxy) is 3. The zero-order valence-corrected chi connectivity index (χ0v) is 23.1. The van der Waals surface area contributed by atoms with E-state index < -0.39 is 12.1 Å². The van der Waals surface area contributed by atoms with Gasteiger partial charge in [0, 0.05) is 56.0 Å². The molecule has 3 atom stereocenters. The van der Waals surface area contributed by atoms with Crippen molar-refractivity contribution in [3.63, 3.8) is 0 Å². The summed E-state index contributed by atoms with van der Waals surface area (Å²) >= 11 is 0. The van der Waals surface area contributed by atoms with Crippen molar-refractivity contribution in [3.8, 4) is 23.5 Å². The standard InChI is InChI=1S/C30H37N3O6/c1-20-17-33(21(2)19-34)30(36)26-15-23(9-8-22-6-5-7-25(14-22)37-4)16-31-28(26)39-27(20)18-32(3)29(35)24-10-12-38-13-11-24/h5-7,14-16,20-21,24,27,34H,10-13,17-19H2,1-4H3/t20-,21-,27+/m0/s1. The van der Waals surface area contributed by atoms with E-state index in [9.17, 15) is 14.7 Å². The van der Waals surface area contributed by atoms with Crippen molar-refractivity contribution in [3.05, 3.63) is 53.2 Å². The minimum absolute atomic E-state index is 0.0591. The van der Waals surface area contributed by atoms with E-state index in [4.69, 9.17) is 14.2 Å². The number of likely N-dealkylation sites (N-methyl/N-ethyl adjacent to an activating group) is 1. The Morgan fingerprint density at radius 1 is 1.26 bits per heavy atom. The predicted molar refractivity (Wildman–Crippen MR) is 146 cm³/mol. The van der Waals surface area contributed by atoms with Crippen LogP contribution in [0.15, 0.2) is 36.5 Å². The SMILES string of the molecule is COc1cccc(C#Cc2cnc3c(c2)C(=O)N([C@@H](C)CO)C[C@H](C)[C@@H](CN(C)C(=O)C2CCOCC2)O3)c1. The minimum Gasteiger partial charge on any atom is -0.497 e. The normalized spacial score (nSPS) is 20.4. The van der Waals surface area contributed by atoms with Crippen LogP contribution in [0.2, 0.25) is 0 Å². The summed E-state index contributed by atoms with van der Waals surface area (Å²) in [6.45, 7) is 5.52. The molecule has 0 bridgehead atoms. The Balaban J connectivity index is 1.62. The molecule has 1 fully saturated rings. The number of rotatable bonds is 6. The van der Waals surface area contributed by atoms with Crippen molar-refractivity contribution in [2.45, 2.75) is 38.8 Å². The summed E-state index contributed by atoms with van der Waals surface area (Å²) in [4.78, 5) is 34.6. The first-order valence-corrected chi connectivity index (χ1v) is 13.4. The Kier molecular flexibility index (Phi) is 9.44. The molecule has 1 N–H and O–H groups in total. The van der Waals surface area contributed by atoms with Gasteiger partial charge in [0.2, 0.25) is 11.8 Å². The number of methoxy groups -OCH3 is 1. The van der Waals surface area contributed by atoms with Crippen molar-refractivity contribution in [2.24, 2.45) is 11.8 Å². The minimum atomic E-state index is -0.403. The number of aliphatic hydroxyl groups excluding tert-OH is 1. The third-order valence-corrected chi connectivity index (χ3v) is 7.34. The van der Waals surface area contributed by atoms with E-state index >= 15 is 0 Å². The molecule has 4 rings (SSSR count). The lowest BCUT2D eigenvalue weighted by Crippen LogP contribution is -2.51. The Morgan fingerprint density at radius 2 is 2.00 bits per heavy atom. The van der Waals surface area contributed by atoms with Crippen molar-refractivity contribution in [1.82, 2.24) is 14.8 Å². The van der Waals surface area contributed by atoms with E-state index in [1.165, 1.54) is 0 Å². The number of pyridine rings is 1. The molecule has 0 saturated carbocycles. The highest BCUT2D eigenvalue weighted by Gasteiger charge is 2.35. The predicted octanol–water partition coefficient (Wildman–Crippen LogP) is 2.60. The second kappa shape index (κ2) is 13.0. The zero-order valence-electron chi connectivity index (χ0n) is 23.1. The van der Waals surface area contributed by atoms with Gasteiger partial charge in [-0.3, -0.25) is 9.59 Å². The lowest BCUT2D eigenvalue weighted by atomic mass is 9.97. The first-order chi connectivity index (χ1) is 18.8. The molecule has 1 aromatic carbocycles. The number of aromatic nitrogens is 1. The molecule has 3 heterocycles. The molecule has 9 heteroatoms. The summed E-state index contributed by atoms with van der Waals surface area (Å²) in [6, 6.07) is 8.69. The number of aliphatic hydroxyl groups is 1. The van der Waals surface area contributed by atoms with Crippen LogP contribution in [-0.2, 0) is 9.53 Å². The fraction of sp³-hybridized carbons (Fsp3) is 0.500. The first-order valence-electron chi connectivity index (χ1n) is 13.4. The maximum atomic E-state index is 13.6. The number of amides is 2. The van der Waals surface area contributed by atoms with Crippen LogP contribution in [0.4, 0.5) is 0 Å². The largest absolute Gasteiger partial charge is 0.497 e. The number of carbonyl (C=O) groups is 2. The van der Waals surface area contributed by atoms with Gasteiger partial charge in [0.25, 0.3) is 5.91 Å².